The molecule has 102 valence electrons. The second-order valence-corrected chi connectivity index (χ2v) is 6.03. The maximum atomic E-state index is 11.3. The molecule has 1 heterocycles. The number of primary sulfonamides is 1. The minimum absolute atomic E-state index is 0.0104. The van der Waals surface area contributed by atoms with Crippen molar-refractivity contribution in [1.29, 1.82) is 0 Å². The van der Waals surface area contributed by atoms with Crippen LogP contribution in [-0.4, -0.2) is 18.6 Å². The number of benzene rings is 1. The summed E-state index contributed by atoms with van der Waals surface area (Å²) in [5.74, 6) is 0. The molecular weight excluding hydrogens is 288 g/mol. The summed E-state index contributed by atoms with van der Waals surface area (Å²) in [5, 5.41) is 15.3. The minimum Gasteiger partial charge on any atom is -0.376 e. The van der Waals surface area contributed by atoms with Gasteiger partial charge < -0.3 is 5.32 Å². The lowest BCUT2D eigenvalue weighted by Crippen LogP contribution is -2.13. The number of aromatic amines is 1. The van der Waals surface area contributed by atoms with Gasteiger partial charge in [0.1, 0.15) is 0 Å². The first kappa shape index (κ1) is 13.9. The largest absolute Gasteiger partial charge is 0.376 e. The molecule has 8 heteroatoms. The van der Waals surface area contributed by atoms with Crippen molar-refractivity contribution in [3.8, 4) is 0 Å². The summed E-state index contributed by atoms with van der Waals surface area (Å²) in [5.41, 5.74) is 1.35. The zero-order chi connectivity index (χ0) is 14.0. The normalized spacial score (nSPS) is 13.2. The monoisotopic (exact) mass is 300 g/mol. The van der Waals surface area contributed by atoms with E-state index in [0.717, 1.165) is 5.69 Å². The Morgan fingerprint density at radius 2 is 2.16 bits per heavy atom. The van der Waals surface area contributed by atoms with Gasteiger partial charge in [-0.25, -0.2) is 13.6 Å². The Morgan fingerprint density at radius 1 is 1.42 bits per heavy atom. The van der Waals surface area contributed by atoms with Crippen LogP contribution in [-0.2, 0) is 10.0 Å². The van der Waals surface area contributed by atoms with Gasteiger partial charge in [-0.3, -0.25) is 5.10 Å². The fraction of sp³-hybridized carbons (Fsp3) is 0.182. The van der Waals surface area contributed by atoms with E-state index in [2.05, 4.69) is 15.5 Å². The van der Waals surface area contributed by atoms with Crippen LogP contribution in [0.1, 0.15) is 18.7 Å². The van der Waals surface area contributed by atoms with Crippen LogP contribution in [0.4, 0.5) is 5.69 Å². The topological polar surface area (TPSA) is 101 Å². The summed E-state index contributed by atoms with van der Waals surface area (Å²) < 4.78 is 22.6. The van der Waals surface area contributed by atoms with E-state index in [0.29, 0.717) is 10.7 Å². The van der Waals surface area contributed by atoms with Gasteiger partial charge in [0.2, 0.25) is 10.0 Å². The quantitative estimate of drug-likeness (QED) is 0.802. The Hall–Kier alpha value is -1.57. The molecule has 1 aromatic carbocycles. The van der Waals surface area contributed by atoms with Crippen LogP contribution in [0.5, 0.6) is 0 Å². The van der Waals surface area contributed by atoms with Gasteiger partial charge in [0.25, 0.3) is 0 Å². The van der Waals surface area contributed by atoms with E-state index in [1.165, 1.54) is 18.2 Å². The number of aromatic nitrogens is 2. The maximum Gasteiger partial charge on any atom is 0.238 e. The number of sulfonamides is 1. The Morgan fingerprint density at radius 3 is 2.74 bits per heavy atom. The molecule has 1 unspecified atom stereocenters. The Balaban J connectivity index is 2.30. The zero-order valence-corrected chi connectivity index (χ0v) is 11.7. The lowest BCUT2D eigenvalue weighted by Gasteiger charge is -2.15. The third-order valence-electron chi connectivity index (χ3n) is 2.63. The number of anilines is 1. The number of rotatable bonds is 4. The average molecular weight is 301 g/mol. The van der Waals surface area contributed by atoms with Crippen LogP contribution in [0.15, 0.2) is 35.4 Å². The molecule has 4 N–H and O–H groups in total. The number of nitrogens with one attached hydrogen (secondary N) is 2. The highest BCUT2D eigenvalue weighted by Crippen LogP contribution is 2.27. The predicted molar refractivity (Wildman–Crippen MR) is 73.5 cm³/mol. The number of H-pyrrole nitrogens is 1. The van der Waals surface area contributed by atoms with Crippen molar-refractivity contribution in [3.63, 3.8) is 0 Å². The van der Waals surface area contributed by atoms with Crippen LogP contribution >= 0.6 is 11.6 Å². The number of halogens is 1. The molecule has 19 heavy (non-hydrogen) atoms. The van der Waals surface area contributed by atoms with Gasteiger partial charge in [-0.05, 0) is 31.2 Å². The van der Waals surface area contributed by atoms with E-state index in [1.54, 1.807) is 6.20 Å². The lowest BCUT2D eigenvalue weighted by atomic mass is 10.2. The van der Waals surface area contributed by atoms with Gasteiger partial charge in [-0.2, -0.15) is 5.10 Å². The van der Waals surface area contributed by atoms with Crippen LogP contribution in [0.2, 0.25) is 5.02 Å². The molecule has 0 radical (unpaired) electrons. The molecule has 1 aromatic heterocycles. The number of hydrogen-bond acceptors (Lipinski definition) is 4. The Bertz CT molecular complexity index is 670. The highest BCUT2D eigenvalue weighted by molar-refractivity contribution is 7.89. The SMILES string of the molecule is CC(Nc1cc(S(N)(=O)=O)ccc1Cl)c1ccn[nH]1. The summed E-state index contributed by atoms with van der Waals surface area (Å²) in [7, 11) is -3.75. The summed E-state index contributed by atoms with van der Waals surface area (Å²) >= 11 is 6.03. The molecular formula is C11H13ClN4O2S. The van der Waals surface area contributed by atoms with Crippen LogP contribution in [0.25, 0.3) is 0 Å². The van der Waals surface area contributed by atoms with E-state index < -0.39 is 10.0 Å². The summed E-state index contributed by atoms with van der Waals surface area (Å²) in [6.45, 7) is 1.90. The molecule has 0 aliphatic carbocycles. The van der Waals surface area contributed by atoms with Gasteiger partial charge in [0, 0.05) is 6.20 Å². The predicted octanol–water partition coefficient (Wildman–Crippen LogP) is 1.88. The Kier molecular flexibility index (Phi) is 3.79. The van der Waals surface area contributed by atoms with Crippen molar-refractivity contribution in [2.24, 2.45) is 5.14 Å². The maximum absolute atomic E-state index is 11.3. The summed E-state index contributed by atoms with van der Waals surface area (Å²) in [6.07, 6.45) is 1.63. The minimum atomic E-state index is -3.75. The Labute approximate surface area is 116 Å². The van der Waals surface area contributed by atoms with Gasteiger partial charge in [0.15, 0.2) is 0 Å². The van der Waals surface area contributed by atoms with E-state index >= 15 is 0 Å². The highest BCUT2D eigenvalue weighted by atomic mass is 35.5. The van der Waals surface area contributed by atoms with Gasteiger partial charge in [0.05, 0.1) is 27.3 Å². The van der Waals surface area contributed by atoms with Crippen molar-refractivity contribution in [2.45, 2.75) is 17.9 Å². The molecule has 2 rings (SSSR count). The number of hydrogen-bond donors (Lipinski definition) is 3. The molecule has 2 aromatic rings. The van der Waals surface area contributed by atoms with Crippen molar-refractivity contribution in [1.82, 2.24) is 10.2 Å². The first-order valence-electron chi connectivity index (χ1n) is 5.46. The second kappa shape index (κ2) is 5.20. The van der Waals surface area contributed by atoms with Crippen molar-refractivity contribution in [3.05, 3.63) is 41.2 Å². The molecule has 6 nitrogen and oxygen atoms in total. The fourth-order valence-corrected chi connectivity index (χ4v) is 2.32. The first-order chi connectivity index (χ1) is 8.88. The van der Waals surface area contributed by atoms with Crippen molar-refractivity contribution >= 4 is 27.3 Å². The molecule has 0 saturated heterocycles. The molecule has 0 aliphatic rings. The average Bonchev–Trinajstić information content (AvgIpc) is 2.84. The van der Waals surface area contributed by atoms with Crippen LogP contribution < -0.4 is 10.5 Å². The molecule has 0 spiro atoms. The molecule has 0 amide bonds. The van der Waals surface area contributed by atoms with Crippen LogP contribution in [0.3, 0.4) is 0 Å². The number of nitrogens with two attached hydrogens (primary N) is 1. The molecule has 0 bridgehead atoms. The van der Waals surface area contributed by atoms with Gasteiger partial charge >= 0.3 is 0 Å². The van der Waals surface area contributed by atoms with Crippen LogP contribution in [0, 0.1) is 0 Å². The second-order valence-electron chi connectivity index (χ2n) is 4.06. The third-order valence-corrected chi connectivity index (χ3v) is 3.87. The standard InChI is InChI=1S/C11H13ClN4O2S/c1-7(10-4-5-14-16-10)15-11-6-8(19(13,17)18)2-3-9(11)12/h2-7,15H,1H3,(H,14,16)(H2,13,17,18). The van der Waals surface area contributed by atoms with Gasteiger partial charge in [-0.15, -0.1) is 0 Å². The first-order valence-corrected chi connectivity index (χ1v) is 7.38. The van der Waals surface area contributed by atoms with Crippen molar-refractivity contribution < 1.29 is 8.42 Å². The van der Waals surface area contributed by atoms with Crippen molar-refractivity contribution in [2.75, 3.05) is 5.32 Å². The smallest absolute Gasteiger partial charge is 0.238 e. The molecule has 0 saturated carbocycles. The third kappa shape index (κ3) is 3.25. The van der Waals surface area contributed by atoms with Gasteiger partial charge in [-0.1, -0.05) is 11.6 Å². The molecule has 0 fully saturated rings. The van der Waals surface area contributed by atoms with E-state index in [4.69, 9.17) is 16.7 Å². The highest BCUT2D eigenvalue weighted by Gasteiger charge is 2.13. The number of nitrogens with zero attached hydrogens (tertiary/aromatic N) is 1. The molecule has 1 atom stereocenters. The zero-order valence-electron chi connectivity index (χ0n) is 10.1. The van der Waals surface area contributed by atoms with E-state index in [9.17, 15) is 8.42 Å². The fourth-order valence-electron chi connectivity index (χ4n) is 1.61. The molecule has 0 aliphatic heterocycles. The van der Waals surface area contributed by atoms with E-state index in [-0.39, 0.29) is 10.9 Å². The lowest BCUT2D eigenvalue weighted by molar-refractivity contribution is 0.598. The summed E-state index contributed by atoms with van der Waals surface area (Å²) in [4.78, 5) is 0.0104. The summed E-state index contributed by atoms with van der Waals surface area (Å²) in [6, 6.07) is 5.97. The van der Waals surface area contributed by atoms with E-state index in [1.807, 2.05) is 13.0 Å².